The average Bonchev–Trinajstić information content (AvgIpc) is 3.27. The fourth-order valence-corrected chi connectivity index (χ4v) is 2.66. The highest BCUT2D eigenvalue weighted by Crippen LogP contribution is 2.40. The van der Waals surface area contributed by atoms with E-state index in [4.69, 9.17) is 4.74 Å². The van der Waals surface area contributed by atoms with Gasteiger partial charge in [0.15, 0.2) is 17.3 Å². The predicted molar refractivity (Wildman–Crippen MR) is 82.3 cm³/mol. The number of nitrogens with zero attached hydrogens (tertiary/aromatic N) is 1. The Bertz CT molecular complexity index is 718. The second-order valence-corrected chi connectivity index (χ2v) is 6.22. The lowest BCUT2D eigenvalue weighted by Crippen LogP contribution is -2.50. The fourth-order valence-electron chi connectivity index (χ4n) is 2.66. The molecule has 1 aliphatic heterocycles. The second kappa shape index (κ2) is 5.77. The number of Topliss-reactive ketones (excluding diaryl/α,β-unsaturated/α-hetero) is 1. The van der Waals surface area contributed by atoms with Crippen LogP contribution in [-0.4, -0.2) is 35.2 Å². The van der Waals surface area contributed by atoms with Gasteiger partial charge in [0.1, 0.15) is 11.9 Å². The number of benzene rings is 1. The minimum absolute atomic E-state index is 0.0761. The van der Waals surface area contributed by atoms with Crippen molar-refractivity contribution in [2.24, 2.45) is 0 Å². The average molecular weight is 315 g/mol. The van der Waals surface area contributed by atoms with Crippen molar-refractivity contribution in [1.29, 1.82) is 0 Å². The first-order valence-electron chi connectivity index (χ1n) is 7.94. The third kappa shape index (κ3) is 2.99. The monoisotopic (exact) mass is 315 g/mol. The van der Waals surface area contributed by atoms with Crippen molar-refractivity contribution in [3.05, 3.63) is 47.0 Å². The van der Waals surface area contributed by atoms with E-state index in [9.17, 15) is 9.18 Å². The summed E-state index contributed by atoms with van der Waals surface area (Å²) in [6.45, 7) is 1.73. The smallest absolute Gasteiger partial charge is 0.190 e. The molecule has 0 spiro atoms. The maximum atomic E-state index is 14.2. The lowest BCUT2D eigenvalue weighted by atomic mass is 10.1. The number of carbonyl (C=O) groups excluding carboxylic acids is 1. The number of rotatable bonds is 6. The van der Waals surface area contributed by atoms with E-state index in [1.807, 2.05) is 24.3 Å². The number of halogens is 1. The lowest BCUT2D eigenvalue weighted by molar-refractivity contribution is 0.0984. The Kier molecular flexibility index (Phi) is 3.61. The molecule has 5 nitrogen and oxygen atoms in total. The number of ketones is 1. The molecule has 0 atom stereocenters. The van der Waals surface area contributed by atoms with E-state index in [0.29, 0.717) is 5.69 Å². The van der Waals surface area contributed by atoms with Crippen LogP contribution in [-0.2, 0) is 6.42 Å². The molecular formula is C17H18FN3O2. The topological polar surface area (TPSA) is 67.0 Å². The van der Waals surface area contributed by atoms with Crippen molar-refractivity contribution in [2.45, 2.75) is 31.3 Å². The Hall–Kier alpha value is -2.21. The first-order chi connectivity index (χ1) is 11.2. The zero-order chi connectivity index (χ0) is 15.8. The maximum Gasteiger partial charge on any atom is 0.190 e. The number of aromatic amines is 1. The van der Waals surface area contributed by atoms with Gasteiger partial charge in [-0.05, 0) is 30.5 Å². The summed E-state index contributed by atoms with van der Waals surface area (Å²) in [6.07, 6.45) is 2.29. The Balaban J connectivity index is 1.41. The van der Waals surface area contributed by atoms with Crippen LogP contribution in [0.2, 0.25) is 0 Å². The molecule has 120 valence electrons. The van der Waals surface area contributed by atoms with Gasteiger partial charge in [-0.15, -0.1) is 0 Å². The van der Waals surface area contributed by atoms with E-state index < -0.39 is 5.82 Å². The Morgan fingerprint density at radius 1 is 1.26 bits per heavy atom. The molecule has 0 unspecified atom stereocenters. The number of H-pyrrole nitrogens is 1. The van der Waals surface area contributed by atoms with E-state index in [1.54, 1.807) is 0 Å². The minimum Gasteiger partial charge on any atom is -0.488 e. The number of hydrogen-bond acceptors (Lipinski definition) is 4. The molecule has 1 aromatic carbocycles. The molecule has 2 aromatic rings. The zero-order valence-electron chi connectivity index (χ0n) is 12.6. The number of carbonyl (C=O) groups is 1. The van der Waals surface area contributed by atoms with Gasteiger partial charge in [-0.25, -0.2) is 4.39 Å². The van der Waals surface area contributed by atoms with Gasteiger partial charge >= 0.3 is 0 Å². The van der Waals surface area contributed by atoms with Crippen molar-refractivity contribution >= 4 is 5.78 Å². The van der Waals surface area contributed by atoms with Gasteiger partial charge in [0.25, 0.3) is 0 Å². The van der Waals surface area contributed by atoms with Crippen molar-refractivity contribution in [2.75, 3.05) is 13.1 Å². The highest BCUT2D eigenvalue weighted by molar-refractivity contribution is 5.96. The number of aromatic nitrogens is 2. The summed E-state index contributed by atoms with van der Waals surface area (Å²) in [4.78, 5) is 12.2. The molecule has 2 heterocycles. The van der Waals surface area contributed by atoms with Crippen LogP contribution in [0, 0.1) is 5.82 Å². The first kappa shape index (κ1) is 14.4. The van der Waals surface area contributed by atoms with Crippen LogP contribution in [0.5, 0.6) is 5.75 Å². The number of ether oxygens (including phenoxy) is 1. The van der Waals surface area contributed by atoms with Crippen LogP contribution < -0.4 is 10.1 Å². The molecule has 6 heteroatoms. The molecule has 0 radical (unpaired) electrons. The summed E-state index contributed by atoms with van der Waals surface area (Å²) >= 11 is 0. The molecule has 0 bridgehead atoms. The molecule has 1 saturated carbocycles. The Labute approximate surface area is 133 Å². The van der Waals surface area contributed by atoms with Crippen molar-refractivity contribution in [1.82, 2.24) is 15.5 Å². The molecule has 2 fully saturated rings. The molecule has 1 aliphatic carbocycles. The van der Waals surface area contributed by atoms with Gasteiger partial charge in [0.05, 0.1) is 5.69 Å². The molecule has 1 saturated heterocycles. The number of hydrogen-bond donors (Lipinski definition) is 2. The van der Waals surface area contributed by atoms with Gasteiger partial charge in [0, 0.05) is 25.4 Å². The van der Waals surface area contributed by atoms with Crippen LogP contribution in [0.3, 0.4) is 0 Å². The molecule has 23 heavy (non-hydrogen) atoms. The van der Waals surface area contributed by atoms with E-state index in [-0.39, 0.29) is 29.9 Å². The second-order valence-electron chi connectivity index (χ2n) is 6.22. The zero-order valence-corrected chi connectivity index (χ0v) is 12.6. The van der Waals surface area contributed by atoms with E-state index in [0.717, 1.165) is 37.2 Å². The highest BCUT2D eigenvalue weighted by Gasteiger charge is 2.31. The molecule has 0 amide bonds. The van der Waals surface area contributed by atoms with E-state index in [1.165, 1.54) is 0 Å². The quantitative estimate of drug-likeness (QED) is 0.802. The molecule has 1 aromatic heterocycles. The minimum atomic E-state index is -0.477. The summed E-state index contributed by atoms with van der Waals surface area (Å²) in [5.41, 5.74) is 1.23. The fraction of sp³-hybridized carbons (Fsp3) is 0.412. The van der Waals surface area contributed by atoms with Gasteiger partial charge in [-0.1, -0.05) is 12.1 Å². The third-order valence-corrected chi connectivity index (χ3v) is 4.32. The third-order valence-electron chi connectivity index (χ3n) is 4.32. The van der Waals surface area contributed by atoms with Crippen molar-refractivity contribution in [3.8, 4) is 5.75 Å². The number of nitrogens with one attached hydrogen (secondary N) is 2. The first-order valence-corrected chi connectivity index (χ1v) is 7.94. The lowest BCUT2D eigenvalue weighted by Gasteiger charge is -2.27. The van der Waals surface area contributed by atoms with Crippen LogP contribution in [0.1, 0.15) is 40.5 Å². The van der Waals surface area contributed by atoms with E-state index >= 15 is 0 Å². The summed E-state index contributed by atoms with van der Waals surface area (Å²) in [5.74, 6) is 0.216. The normalized spacial score (nSPS) is 17.8. The summed E-state index contributed by atoms with van der Waals surface area (Å²) in [5, 5.41) is 9.68. The van der Waals surface area contributed by atoms with Gasteiger partial charge in [-0.2, -0.15) is 5.10 Å². The highest BCUT2D eigenvalue weighted by atomic mass is 19.1. The van der Waals surface area contributed by atoms with Crippen LogP contribution in [0.4, 0.5) is 4.39 Å². The summed E-state index contributed by atoms with van der Waals surface area (Å²) in [7, 11) is 0. The Morgan fingerprint density at radius 2 is 2.00 bits per heavy atom. The van der Waals surface area contributed by atoms with E-state index in [2.05, 4.69) is 15.5 Å². The van der Waals surface area contributed by atoms with Crippen LogP contribution in [0.25, 0.3) is 0 Å². The van der Waals surface area contributed by atoms with Crippen LogP contribution >= 0.6 is 0 Å². The molecule has 4 rings (SSSR count). The molecule has 2 aliphatic rings. The van der Waals surface area contributed by atoms with Crippen molar-refractivity contribution in [3.63, 3.8) is 0 Å². The molecular weight excluding hydrogens is 297 g/mol. The van der Waals surface area contributed by atoms with Crippen molar-refractivity contribution < 1.29 is 13.9 Å². The SMILES string of the molecule is O=C(Cc1ccc(OC2CNC2)cc1)c1n[nH]c(C2CC2)c1F. The van der Waals surface area contributed by atoms with Gasteiger partial charge < -0.3 is 10.1 Å². The van der Waals surface area contributed by atoms with Crippen LogP contribution in [0.15, 0.2) is 24.3 Å². The molecule has 2 N–H and O–H groups in total. The Morgan fingerprint density at radius 3 is 2.61 bits per heavy atom. The standard InChI is InChI=1S/C17H18FN3O2/c18-15-16(11-3-4-11)20-21-17(15)14(22)7-10-1-5-12(6-2-10)23-13-8-19-9-13/h1-2,5-6,11,13,19H,3-4,7-9H2,(H,20,21). The van der Waals surface area contributed by atoms with Gasteiger partial charge in [-0.3, -0.25) is 9.89 Å². The summed E-state index contributed by atoms with van der Waals surface area (Å²) < 4.78 is 19.9. The summed E-state index contributed by atoms with van der Waals surface area (Å²) in [6, 6.07) is 7.37. The van der Waals surface area contributed by atoms with Gasteiger partial charge in [0.2, 0.25) is 0 Å². The maximum absolute atomic E-state index is 14.2. The predicted octanol–water partition coefficient (Wildman–Crippen LogP) is 2.20. The largest absolute Gasteiger partial charge is 0.488 e.